The van der Waals surface area contributed by atoms with Crippen LogP contribution >= 0.6 is 11.3 Å². The number of hydrogen-bond acceptors (Lipinski definition) is 15. The fraction of sp³-hybridized carbons (Fsp3) is 0.366. The summed E-state index contributed by atoms with van der Waals surface area (Å²) in [6.45, 7) is 16.7. The number of pyridine rings is 1. The second-order valence-corrected chi connectivity index (χ2v) is 14.9. The molecule has 0 bridgehead atoms. The van der Waals surface area contributed by atoms with Crippen LogP contribution in [-0.4, -0.2) is 91.6 Å². The fourth-order valence-corrected chi connectivity index (χ4v) is 7.83. The number of thiazole rings is 1. The topological polar surface area (TPSA) is 263 Å². The van der Waals surface area contributed by atoms with Crippen molar-refractivity contribution in [2.75, 3.05) is 50.5 Å². The lowest BCUT2D eigenvalue weighted by Crippen LogP contribution is -2.37. The Kier molecular flexibility index (Phi) is 14.5. The molecule has 0 radical (unpaired) electrons. The number of aromatic nitrogens is 6. The highest BCUT2D eigenvalue weighted by Gasteiger charge is 2.22. The molecule has 0 saturated carbocycles. The Bertz CT molecular complexity index is 2650. The van der Waals surface area contributed by atoms with Crippen LogP contribution in [0.3, 0.4) is 0 Å². The van der Waals surface area contributed by atoms with Crippen molar-refractivity contribution in [2.24, 2.45) is 16.5 Å². The summed E-state index contributed by atoms with van der Waals surface area (Å²) in [7, 11) is 0. The molecule has 7 rings (SSSR count). The molecule has 1 aromatic carbocycles. The first kappa shape index (κ1) is 43.9. The SMILES string of the molecule is C=C(Nc1nc2cc(C(N)=O)cc(OCCCN3CCOCC3)c2n1C/C=C/Cn1c(=NC(=O)c2oc(C)nc2CC)sc2cc(N)cnc21)c1oc(C)nc1CC.NC=O. The van der Waals surface area contributed by atoms with Crippen LogP contribution in [0.15, 0.2) is 57.0 Å². The molecule has 1 aliphatic heterocycles. The van der Waals surface area contributed by atoms with Gasteiger partial charge in [0.1, 0.15) is 11.3 Å². The molecule has 6 heterocycles. The summed E-state index contributed by atoms with van der Waals surface area (Å²) in [5.41, 5.74) is 20.3. The quantitative estimate of drug-likeness (QED) is 0.0606. The Morgan fingerprint density at radius 1 is 1.00 bits per heavy atom. The number of aryl methyl sites for hydroxylation is 4. The summed E-state index contributed by atoms with van der Waals surface area (Å²) in [5, 5.41) is 3.34. The molecule has 0 spiro atoms. The average Bonchev–Trinajstić information content (AvgIpc) is 4.00. The molecule has 0 atom stereocenters. The summed E-state index contributed by atoms with van der Waals surface area (Å²) >= 11 is 1.30. The van der Waals surface area contributed by atoms with E-state index in [-0.39, 0.29) is 17.7 Å². The number of benzene rings is 1. The van der Waals surface area contributed by atoms with Crippen molar-refractivity contribution in [1.82, 2.24) is 34.0 Å². The molecule has 5 aromatic heterocycles. The van der Waals surface area contributed by atoms with E-state index < -0.39 is 11.8 Å². The van der Waals surface area contributed by atoms with Crippen molar-refractivity contribution in [3.63, 3.8) is 0 Å². The van der Waals surface area contributed by atoms with Crippen LogP contribution in [0, 0.1) is 13.8 Å². The van der Waals surface area contributed by atoms with Gasteiger partial charge in [-0.2, -0.15) is 4.99 Å². The number of anilines is 2. The third kappa shape index (κ3) is 10.4. The Hall–Kier alpha value is -6.64. The average molecular weight is 855 g/mol. The molecule has 3 amide bonds. The number of ether oxygens (including phenoxy) is 2. The lowest BCUT2D eigenvalue weighted by molar-refractivity contribution is -0.106. The van der Waals surface area contributed by atoms with Gasteiger partial charge in [-0.15, -0.1) is 0 Å². The number of nitrogens with zero attached hydrogens (tertiary/aromatic N) is 8. The largest absolute Gasteiger partial charge is 0.491 e. The molecule has 6 aromatic rings. The van der Waals surface area contributed by atoms with Gasteiger partial charge in [0.05, 0.1) is 59.0 Å². The Morgan fingerprint density at radius 3 is 2.33 bits per heavy atom. The summed E-state index contributed by atoms with van der Waals surface area (Å²) in [5.74, 6) is 1.33. The Balaban J connectivity index is 0.00000201. The number of carbonyl (C=O) groups is 3. The number of nitrogens with one attached hydrogen (secondary N) is 1. The lowest BCUT2D eigenvalue weighted by Gasteiger charge is -2.26. The third-order valence-corrected chi connectivity index (χ3v) is 10.6. The minimum atomic E-state index is -0.599. The highest BCUT2D eigenvalue weighted by atomic mass is 32.1. The number of oxazole rings is 2. The zero-order chi connectivity index (χ0) is 43.6. The highest BCUT2D eigenvalue weighted by Crippen LogP contribution is 2.33. The minimum absolute atomic E-state index is 0.116. The van der Waals surface area contributed by atoms with Gasteiger partial charge < -0.3 is 45.4 Å². The number of nitrogen functional groups attached to an aromatic ring is 1. The van der Waals surface area contributed by atoms with Crippen molar-refractivity contribution < 1.29 is 32.7 Å². The van der Waals surface area contributed by atoms with Gasteiger partial charge in [-0.1, -0.05) is 43.9 Å². The van der Waals surface area contributed by atoms with Gasteiger partial charge in [0.2, 0.25) is 24.0 Å². The molecule has 20 heteroatoms. The van der Waals surface area contributed by atoms with E-state index in [9.17, 15) is 9.59 Å². The van der Waals surface area contributed by atoms with E-state index in [1.165, 1.54) is 11.3 Å². The highest BCUT2D eigenvalue weighted by molar-refractivity contribution is 7.16. The molecule has 1 saturated heterocycles. The van der Waals surface area contributed by atoms with E-state index in [0.717, 1.165) is 36.4 Å². The number of amides is 3. The van der Waals surface area contributed by atoms with Gasteiger partial charge in [-0.25, -0.2) is 19.9 Å². The first-order valence-electron chi connectivity index (χ1n) is 19.7. The molecular formula is C41H50N12O7S. The zero-order valence-electron chi connectivity index (χ0n) is 34.6. The predicted molar refractivity (Wildman–Crippen MR) is 231 cm³/mol. The third-order valence-electron chi connectivity index (χ3n) is 9.56. The first-order chi connectivity index (χ1) is 29.4. The molecule has 322 valence electrons. The maximum atomic E-state index is 13.4. The molecule has 1 aliphatic rings. The maximum Gasteiger partial charge on any atom is 0.317 e. The molecule has 0 aliphatic carbocycles. The van der Waals surface area contributed by atoms with Gasteiger partial charge >= 0.3 is 5.91 Å². The minimum Gasteiger partial charge on any atom is -0.491 e. The summed E-state index contributed by atoms with van der Waals surface area (Å²) in [4.78, 5) is 60.0. The number of morpholine rings is 1. The van der Waals surface area contributed by atoms with Crippen LogP contribution in [0.2, 0.25) is 0 Å². The standard InChI is InChI=1S/C40H47N11O6S.CH3NO/c1-6-28-34(56-24(4)45-28)23(3)44-39-47-30-19-26(36(42)52)20-31(55-16-10-11-49-14-17-54-18-15-49)33(30)50(39)12-8-9-13-51-37-32(21-27(41)22-43-37)58-40(51)48-38(53)35-29(7-2)46-25(5)57-35;2-1-3/h8-9,19-22H,3,6-7,10-18,41H2,1-2,4-5H3,(H2,42,52)(H,44,47);1H,(H2,2,3)/b9-8+,48-40?;. The maximum absolute atomic E-state index is 13.4. The van der Waals surface area contributed by atoms with E-state index in [4.69, 9.17) is 39.6 Å². The van der Waals surface area contributed by atoms with Crippen molar-refractivity contribution >= 4 is 68.3 Å². The van der Waals surface area contributed by atoms with Gasteiger partial charge in [0.15, 0.2) is 28.0 Å². The normalized spacial score (nSPS) is 13.5. The van der Waals surface area contributed by atoms with E-state index in [1.807, 2.05) is 35.1 Å². The number of imidazole rings is 1. The van der Waals surface area contributed by atoms with Crippen LogP contribution in [-0.2, 0) is 35.5 Å². The van der Waals surface area contributed by atoms with Gasteiger partial charge in [-0.3, -0.25) is 23.9 Å². The summed E-state index contributed by atoms with van der Waals surface area (Å²) in [6.07, 6.45) is 7.66. The van der Waals surface area contributed by atoms with E-state index in [1.54, 1.807) is 38.2 Å². The van der Waals surface area contributed by atoms with Crippen molar-refractivity contribution in [3.05, 3.63) is 88.2 Å². The van der Waals surface area contributed by atoms with E-state index in [0.29, 0.717) is 114 Å². The number of rotatable bonds is 16. The molecule has 19 nitrogen and oxygen atoms in total. The van der Waals surface area contributed by atoms with Crippen molar-refractivity contribution in [2.45, 2.75) is 60.0 Å². The second-order valence-electron chi connectivity index (χ2n) is 13.8. The number of nitrogens with two attached hydrogens (primary N) is 3. The Morgan fingerprint density at radius 2 is 1.66 bits per heavy atom. The Labute approximate surface area is 355 Å². The number of primary amides is 2. The van der Waals surface area contributed by atoms with Gasteiger partial charge in [0.25, 0.3) is 0 Å². The lowest BCUT2D eigenvalue weighted by atomic mass is 10.1. The summed E-state index contributed by atoms with van der Waals surface area (Å²) in [6, 6.07) is 5.11. The van der Waals surface area contributed by atoms with E-state index in [2.05, 4.69) is 42.5 Å². The van der Waals surface area contributed by atoms with Crippen LogP contribution in [0.25, 0.3) is 27.1 Å². The van der Waals surface area contributed by atoms with Crippen LogP contribution < -0.4 is 32.1 Å². The van der Waals surface area contributed by atoms with Gasteiger partial charge in [0, 0.05) is 52.1 Å². The zero-order valence-corrected chi connectivity index (χ0v) is 35.4. The smallest absolute Gasteiger partial charge is 0.317 e. The first-order valence-corrected chi connectivity index (χ1v) is 20.6. The van der Waals surface area contributed by atoms with Crippen LogP contribution in [0.4, 0.5) is 11.6 Å². The number of carbonyl (C=O) groups excluding carboxylic acids is 3. The molecule has 1 fully saturated rings. The van der Waals surface area contributed by atoms with Crippen molar-refractivity contribution in [1.29, 1.82) is 0 Å². The van der Waals surface area contributed by atoms with Crippen LogP contribution in [0.1, 0.15) is 70.1 Å². The monoisotopic (exact) mass is 854 g/mol. The number of fused-ring (bicyclic) bond motifs is 2. The molecule has 7 N–H and O–H groups in total. The summed E-state index contributed by atoms with van der Waals surface area (Å²) < 4.78 is 28.0. The second kappa shape index (κ2) is 20.1. The van der Waals surface area contributed by atoms with Crippen LogP contribution in [0.5, 0.6) is 5.75 Å². The molecule has 61 heavy (non-hydrogen) atoms. The predicted octanol–water partition coefficient (Wildman–Crippen LogP) is 4.13. The number of hydrogen-bond donors (Lipinski definition) is 4. The van der Waals surface area contributed by atoms with Crippen molar-refractivity contribution in [3.8, 4) is 5.75 Å². The molecule has 0 unspecified atom stereocenters. The number of allylic oxidation sites excluding steroid dienone is 2. The van der Waals surface area contributed by atoms with E-state index >= 15 is 0 Å². The fourth-order valence-electron chi connectivity index (χ4n) is 6.78. The van der Waals surface area contributed by atoms with Gasteiger partial charge in [-0.05, 0) is 37.5 Å². The molecular weight excluding hydrogens is 805 g/mol.